The molecule has 1 atom stereocenters. The Labute approximate surface area is 187 Å². The zero-order chi connectivity index (χ0) is 22.0. The van der Waals surface area contributed by atoms with Gasteiger partial charge in [-0.2, -0.15) is 0 Å². The lowest BCUT2D eigenvalue weighted by molar-refractivity contribution is -0.138. The Hall–Kier alpha value is -3.36. The number of halogens is 2. The van der Waals surface area contributed by atoms with Gasteiger partial charge in [0.15, 0.2) is 5.76 Å². The summed E-state index contributed by atoms with van der Waals surface area (Å²) in [7, 11) is 0. The molecule has 31 heavy (non-hydrogen) atoms. The van der Waals surface area contributed by atoms with E-state index in [1.54, 1.807) is 59.7 Å². The Kier molecular flexibility index (Phi) is 5.92. The van der Waals surface area contributed by atoms with Crippen LogP contribution in [0.2, 0.25) is 10.0 Å². The van der Waals surface area contributed by atoms with Crippen molar-refractivity contribution in [1.82, 2.24) is 19.7 Å². The first-order valence-electron chi connectivity index (χ1n) is 9.25. The first-order valence-corrected chi connectivity index (χ1v) is 10.0. The quantitative estimate of drug-likeness (QED) is 0.424. The van der Waals surface area contributed by atoms with Crippen molar-refractivity contribution in [2.24, 2.45) is 0 Å². The van der Waals surface area contributed by atoms with Crippen molar-refractivity contribution in [2.75, 3.05) is 5.73 Å². The zero-order valence-corrected chi connectivity index (χ0v) is 17.6. The van der Waals surface area contributed by atoms with Gasteiger partial charge in [-0.05, 0) is 36.2 Å². The van der Waals surface area contributed by atoms with Crippen LogP contribution >= 0.6 is 23.2 Å². The molecule has 0 saturated heterocycles. The number of nitrogens with two attached hydrogens (primary N) is 1. The Balaban J connectivity index is 1.49. The fraction of sp³-hybridized carbons (Fsp3) is 0.143. The highest BCUT2D eigenvalue weighted by atomic mass is 35.5. The lowest BCUT2D eigenvalue weighted by Gasteiger charge is -2.09. The minimum Gasteiger partial charge on any atom is -0.481 e. The van der Waals surface area contributed by atoms with Gasteiger partial charge in [0.2, 0.25) is 0 Å². The molecule has 10 heteroatoms. The van der Waals surface area contributed by atoms with Gasteiger partial charge in [0.1, 0.15) is 17.4 Å². The number of rotatable bonds is 7. The molecular weight excluding hydrogens is 441 g/mol. The molecule has 0 aliphatic rings. The SMILES string of the molecule is Nc1ccc(CC(C(=O)O)c2cn(Cc3cc(-c4ccc(Cl)c(Cl)c4)on3)cn2)cn1. The van der Waals surface area contributed by atoms with E-state index >= 15 is 0 Å². The van der Waals surface area contributed by atoms with Crippen molar-refractivity contribution in [1.29, 1.82) is 0 Å². The van der Waals surface area contributed by atoms with Gasteiger partial charge < -0.3 is 19.9 Å². The summed E-state index contributed by atoms with van der Waals surface area (Å²) in [6.45, 7) is 0.369. The maximum atomic E-state index is 11.8. The number of anilines is 1. The Morgan fingerprint density at radius 2 is 2.00 bits per heavy atom. The predicted molar refractivity (Wildman–Crippen MR) is 116 cm³/mol. The lowest BCUT2D eigenvalue weighted by atomic mass is 9.98. The van der Waals surface area contributed by atoms with Gasteiger partial charge in [-0.15, -0.1) is 0 Å². The molecular formula is C21H17Cl2N5O3. The number of imidazole rings is 1. The van der Waals surface area contributed by atoms with Crippen LogP contribution < -0.4 is 5.73 Å². The van der Waals surface area contributed by atoms with E-state index in [9.17, 15) is 9.90 Å². The Bertz CT molecular complexity index is 1220. The standard InChI is InChI=1S/C21H17Cl2N5O3/c22-16-3-2-13(6-17(16)23)19-7-14(27-31-19)9-28-10-18(26-11-28)15(21(29)30)5-12-1-4-20(24)25-8-12/h1-4,6-8,10-11,15H,5,9H2,(H2,24,25)(H,29,30). The van der Waals surface area contributed by atoms with Crippen molar-refractivity contribution in [3.05, 3.63) is 82.1 Å². The van der Waals surface area contributed by atoms with Crippen LogP contribution in [0.3, 0.4) is 0 Å². The molecule has 0 saturated carbocycles. The third kappa shape index (κ3) is 4.87. The highest BCUT2D eigenvalue weighted by molar-refractivity contribution is 6.42. The number of hydrogen-bond acceptors (Lipinski definition) is 6. The molecule has 0 spiro atoms. The van der Waals surface area contributed by atoms with Crippen LogP contribution in [0.4, 0.5) is 5.82 Å². The van der Waals surface area contributed by atoms with E-state index in [1.807, 2.05) is 0 Å². The molecule has 1 unspecified atom stereocenters. The van der Waals surface area contributed by atoms with Crippen molar-refractivity contribution in [2.45, 2.75) is 18.9 Å². The lowest BCUT2D eigenvalue weighted by Crippen LogP contribution is -2.15. The highest BCUT2D eigenvalue weighted by Gasteiger charge is 2.23. The molecule has 0 radical (unpaired) electrons. The van der Waals surface area contributed by atoms with Crippen LogP contribution in [0.15, 0.2) is 59.6 Å². The number of carboxylic acid groups (broad SMARTS) is 1. The van der Waals surface area contributed by atoms with Gasteiger partial charge >= 0.3 is 5.97 Å². The Morgan fingerprint density at radius 1 is 1.16 bits per heavy atom. The summed E-state index contributed by atoms with van der Waals surface area (Å²) in [5, 5.41) is 14.6. The van der Waals surface area contributed by atoms with Crippen LogP contribution in [0, 0.1) is 0 Å². The molecule has 3 N–H and O–H groups in total. The number of carbonyl (C=O) groups is 1. The molecule has 4 rings (SSSR count). The summed E-state index contributed by atoms with van der Waals surface area (Å²) in [5.41, 5.74) is 8.20. The summed E-state index contributed by atoms with van der Waals surface area (Å²) in [6, 6.07) is 10.4. The number of aromatic nitrogens is 4. The van der Waals surface area contributed by atoms with Crippen LogP contribution in [0.1, 0.15) is 22.9 Å². The maximum absolute atomic E-state index is 11.8. The fourth-order valence-electron chi connectivity index (χ4n) is 3.11. The van der Waals surface area contributed by atoms with Crippen molar-refractivity contribution >= 4 is 35.0 Å². The molecule has 3 heterocycles. The van der Waals surface area contributed by atoms with Gasteiger partial charge in [-0.3, -0.25) is 4.79 Å². The van der Waals surface area contributed by atoms with E-state index in [-0.39, 0.29) is 6.42 Å². The number of benzene rings is 1. The highest BCUT2D eigenvalue weighted by Crippen LogP contribution is 2.29. The van der Waals surface area contributed by atoms with E-state index in [4.69, 9.17) is 33.5 Å². The topological polar surface area (TPSA) is 120 Å². The van der Waals surface area contributed by atoms with Crippen molar-refractivity contribution in [3.8, 4) is 11.3 Å². The third-order valence-electron chi connectivity index (χ3n) is 4.70. The molecule has 8 nitrogen and oxygen atoms in total. The Morgan fingerprint density at radius 3 is 2.71 bits per heavy atom. The van der Waals surface area contributed by atoms with Crippen molar-refractivity contribution < 1.29 is 14.4 Å². The van der Waals surface area contributed by atoms with E-state index in [0.29, 0.717) is 39.6 Å². The smallest absolute Gasteiger partial charge is 0.312 e. The minimum absolute atomic E-state index is 0.255. The summed E-state index contributed by atoms with van der Waals surface area (Å²) in [6.07, 6.45) is 5.09. The van der Waals surface area contributed by atoms with Crippen LogP contribution in [-0.4, -0.2) is 30.8 Å². The molecule has 0 aliphatic carbocycles. The number of hydrogen-bond donors (Lipinski definition) is 2. The zero-order valence-electron chi connectivity index (χ0n) is 16.1. The molecule has 0 aliphatic heterocycles. The first kappa shape index (κ1) is 20.9. The average molecular weight is 458 g/mol. The first-order chi connectivity index (χ1) is 14.9. The number of aliphatic carboxylic acids is 1. The second kappa shape index (κ2) is 8.79. The monoisotopic (exact) mass is 457 g/mol. The fourth-order valence-corrected chi connectivity index (χ4v) is 3.41. The molecule has 0 amide bonds. The van der Waals surface area contributed by atoms with Gasteiger partial charge in [0.25, 0.3) is 0 Å². The summed E-state index contributed by atoms with van der Waals surface area (Å²) in [5.74, 6) is -0.845. The molecule has 0 fully saturated rings. The molecule has 0 bridgehead atoms. The van der Waals surface area contributed by atoms with Crippen LogP contribution in [0.25, 0.3) is 11.3 Å². The van der Waals surface area contributed by atoms with Crippen LogP contribution in [-0.2, 0) is 17.8 Å². The van der Waals surface area contributed by atoms with E-state index in [1.165, 1.54) is 0 Å². The van der Waals surface area contributed by atoms with E-state index in [2.05, 4.69) is 15.1 Å². The summed E-state index contributed by atoms with van der Waals surface area (Å²) >= 11 is 12.0. The normalized spacial score (nSPS) is 12.1. The average Bonchev–Trinajstić information content (AvgIpc) is 3.39. The van der Waals surface area contributed by atoms with E-state index < -0.39 is 11.9 Å². The number of carboxylic acids is 1. The summed E-state index contributed by atoms with van der Waals surface area (Å²) < 4.78 is 7.16. The largest absolute Gasteiger partial charge is 0.481 e. The second-order valence-corrected chi connectivity index (χ2v) is 7.78. The number of pyridine rings is 1. The summed E-state index contributed by atoms with van der Waals surface area (Å²) in [4.78, 5) is 20.1. The van der Waals surface area contributed by atoms with Crippen LogP contribution in [0.5, 0.6) is 0 Å². The number of nitrogen functional groups attached to an aromatic ring is 1. The molecule has 1 aromatic carbocycles. The van der Waals surface area contributed by atoms with Gasteiger partial charge in [0, 0.05) is 24.0 Å². The van der Waals surface area contributed by atoms with Gasteiger partial charge in [0.05, 0.1) is 28.6 Å². The molecule has 4 aromatic rings. The van der Waals surface area contributed by atoms with E-state index in [0.717, 1.165) is 11.1 Å². The molecule has 3 aromatic heterocycles. The second-order valence-electron chi connectivity index (χ2n) is 6.97. The number of nitrogens with zero attached hydrogens (tertiary/aromatic N) is 4. The third-order valence-corrected chi connectivity index (χ3v) is 5.44. The molecule has 158 valence electrons. The minimum atomic E-state index is -0.967. The van der Waals surface area contributed by atoms with Gasteiger partial charge in [-0.1, -0.05) is 34.4 Å². The maximum Gasteiger partial charge on any atom is 0.312 e. The van der Waals surface area contributed by atoms with Crippen molar-refractivity contribution in [3.63, 3.8) is 0 Å². The van der Waals surface area contributed by atoms with Gasteiger partial charge in [-0.25, -0.2) is 9.97 Å². The predicted octanol–water partition coefficient (Wildman–Crippen LogP) is 4.28.